The van der Waals surface area contributed by atoms with Crippen LogP contribution >= 0.6 is 0 Å². The van der Waals surface area contributed by atoms with E-state index in [1.807, 2.05) is 0 Å². The number of rotatable bonds is 4. The Bertz CT molecular complexity index is 1250. The summed E-state index contributed by atoms with van der Waals surface area (Å²) in [5.74, 6) is -3.25. The lowest BCUT2D eigenvalue weighted by Crippen LogP contribution is -2.10. The molecule has 0 saturated carbocycles. The van der Waals surface area contributed by atoms with Crippen LogP contribution < -0.4 is 4.74 Å². The van der Waals surface area contributed by atoms with Gasteiger partial charge in [-0.2, -0.15) is 0 Å². The molecule has 4 rings (SSSR count). The highest BCUT2D eigenvalue weighted by Crippen LogP contribution is 2.32. The fourth-order valence-corrected chi connectivity index (χ4v) is 3.26. The second kappa shape index (κ2) is 8.48. The molecule has 0 unspecified atom stereocenters. The molecule has 154 valence electrons. The van der Waals surface area contributed by atoms with Crippen molar-refractivity contribution in [3.8, 4) is 28.0 Å². The summed E-state index contributed by atoms with van der Waals surface area (Å²) in [5.41, 5.74) is 1.76. The molecular formula is C26H17F3O2. The van der Waals surface area contributed by atoms with E-state index in [-0.39, 0.29) is 22.4 Å². The standard InChI is InChI=1S/C26H17F3O2/c1-16-7-12-22(23(27)15-16)26(30)31-19-10-8-18(9-11-19)21-14-13-20(24(28)25(21)29)17-5-3-2-4-6-17/h2-15H,1H3. The Hall–Kier alpha value is -3.86. The second-order valence-corrected chi connectivity index (χ2v) is 7.05. The Balaban J connectivity index is 1.57. The van der Waals surface area contributed by atoms with Crippen LogP contribution in [0.4, 0.5) is 13.2 Å². The van der Waals surface area contributed by atoms with Gasteiger partial charge in [-0.25, -0.2) is 18.0 Å². The highest BCUT2D eigenvalue weighted by atomic mass is 19.2. The third kappa shape index (κ3) is 4.21. The molecule has 0 aliphatic heterocycles. The first-order chi connectivity index (χ1) is 14.9. The molecule has 4 aromatic carbocycles. The van der Waals surface area contributed by atoms with Gasteiger partial charge >= 0.3 is 5.97 Å². The molecule has 5 heteroatoms. The van der Waals surface area contributed by atoms with Crippen molar-refractivity contribution in [2.24, 2.45) is 0 Å². The lowest BCUT2D eigenvalue weighted by atomic mass is 9.99. The Labute approximate surface area is 177 Å². The zero-order valence-electron chi connectivity index (χ0n) is 16.5. The number of carbonyl (C=O) groups is 1. The van der Waals surface area contributed by atoms with E-state index < -0.39 is 23.4 Å². The zero-order valence-corrected chi connectivity index (χ0v) is 16.5. The number of esters is 1. The first kappa shape index (κ1) is 20.4. The summed E-state index contributed by atoms with van der Waals surface area (Å²) in [6.07, 6.45) is 0. The van der Waals surface area contributed by atoms with Gasteiger partial charge in [0.05, 0.1) is 5.56 Å². The lowest BCUT2D eigenvalue weighted by Gasteiger charge is -2.10. The van der Waals surface area contributed by atoms with Crippen LogP contribution in [0.1, 0.15) is 15.9 Å². The van der Waals surface area contributed by atoms with Crippen LogP contribution in [-0.2, 0) is 0 Å². The van der Waals surface area contributed by atoms with Crippen LogP contribution in [0.2, 0.25) is 0 Å². The monoisotopic (exact) mass is 418 g/mol. The van der Waals surface area contributed by atoms with Gasteiger partial charge in [-0.1, -0.05) is 60.7 Å². The van der Waals surface area contributed by atoms with Crippen LogP contribution in [0.15, 0.2) is 84.9 Å². The first-order valence-electron chi connectivity index (χ1n) is 9.56. The van der Waals surface area contributed by atoms with Crippen molar-refractivity contribution in [1.82, 2.24) is 0 Å². The molecule has 0 radical (unpaired) electrons. The van der Waals surface area contributed by atoms with Gasteiger partial charge in [-0.05, 0) is 47.9 Å². The van der Waals surface area contributed by atoms with E-state index in [4.69, 9.17) is 4.74 Å². The van der Waals surface area contributed by atoms with Gasteiger partial charge in [-0.3, -0.25) is 0 Å². The normalized spacial score (nSPS) is 10.7. The van der Waals surface area contributed by atoms with Gasteiger partial charge in [0.2, 0.25) is 0 Å². The molecule has 0 heterocycles. The van der Waals surface area contributed by atoms with Crippen LogP contribution in [0.3, 0.4) is 0 Å². The summed E-state index contributed by atoms with van der Waals surface area (Å²) in [7, 11) is 0. The molecule has 0 fully saturated rings. The van der Waals surface area contributed by atoms with Gasteiger partial charge in [0.15, 0.2) is 11.6 Å². The smallest absolute Gasteiger partial charge is 0.346 e. The Morgan fingerprint density at radius 1 is 0.710 bits per heavy atom. The topological polar surface area (TPSA) is 26.3 Å². The molecule has 0 amide bonds. The van der Waals surface area contributed by atoms with E-state index >= 15 is 0 Å². The van der Waals surface area contributed by atoms with Crippen molar-refractivity contribution in [3.05, 3.63) is 114 Å². The molecule has 0 saturated heterocycles. The Morgan fingerprint density at radius 3 is 1.87 bits per heavy atom. The maximum atomic E-state index is 14.7. The minimum absolute atomic E-state index is 0.0830. The molecule has 0 N–H and O–H groups in total. The third-order valence-electron chi connectivity index (χ3n) is 4.89. The predicted molar refractivity (Wildman–Crippen MR) is 113 cm³/mol. The number of hydrogen-bond acceptors (Lipinski definition) is 2. The van der Waals surface area contributed by atoms with E-state index in [9.17, 15) is 18.0 Å². The number of halogens is 3. The quantitative estimate of drug-likeness (QED) is 0.264. The summed E-state index contributed by atoms with van der Waals surface area (Å²) >= 11 is 0. The first-order valence-corrected chi connectivity index (χ1v) is 9.56. The van der Waals surface area contributed by atoms with Crippen LogP contribution in [-0.4, -0.2) is 5.97 Å². The fourth-order valence-electron chi connectivity index (χ4n) is 3.26. The zero-order chi connectivity index (χ0) is 22.0. The van der Waals surface area contributed by atoms with Crippen molar-refractivity contribution >= 4 is 5.97 Å². The Morgan fingerprint density at radius 2 is 1.29 bits per heavy atom. The van der Waals surface area contributed by atoms with E-state index in [0.29, 0.717) is 16.7 Å². The van der Waals surface area contributed by atoms with Crippen molar-refractivity contribution in [2.75, 3.05) is 0 Å². The summed E-state index contributed by atoms with van der Waals surface area (Å²) in [4.78, 5) is 12.2. The predicted octanol–water partition coefficient (Wildman–Crippen LogP) is 6.97. The molecule has 0 aliphatic rings. The average molecular weight is 418 g/mol. The molecule has 0 aliphatic carbocycles. The van der Waals surface area contributed by atoms with E-state index in [1.54, 1.807) is 43.3 Å². The van der Waals surface area contributed by atoms with Crippen LogP contribution in [0.5, 0.6) is 5.75 Å². The molecular weight excluding hydrogens is 401 g/mol. The summed E-state index contributed by atoms with van der Waals surface area (Å²) < 4.78 is 48.5. The molecule has 4 aromatic rings. The lowest BCUT2D eigenvalue weighted by molar-refractivity contribution is 0.0730. The second-order valence-electron chi connectivity index (χ2n) is 7.05. The van der Waals surface area contributed by atoms with Crippen LogP contribution in [0.25, 0.3) is 22.3 Å². The highest BCUT2D eigenvalue weighted by Gasteiger charge is 2.17. The Kier molecular flexibility index (Phi) is 5.58. The van der Waals surface area contributed by atoms with Crippen molar-refractivity contribution < 1.29 is 22.7 Å². The molecule has 31 heavy (non-hydrogen) atoms. The fraction of sp³-hybridized carbons (Fsp3) is 0.0385. The van der Waals surface area contributed by atoms with Gasteiger partial charge in [0, 0.05) is 11.1 Å². The van der Waals surface area contributed by atoms with E-state index in [2.05, 4.69) is 0 Å². The van der Waals surface area contributed by atoms with Crippen molar-refractivity contribution in [3.63, 3.8) is 0 Å². The summed E-state index contributed by atoms with van der Waals surface area (Å²) in [6.45, 7) is 1.71. The molecule has 0 bridgehead atoms. The van der Waals surface area contributed by atoms with Crippen LogP contribution in [0, 0.1) is 24.4 Å². The number of hydrogen-bond donors (Lipinski definition) is 0. The van der Waals surface area contributed by atoms with Gasteiger partial charge in [0.1, 0.15) is 11.6 Å². The highest BCUT2D eigenvalue weighted by molar-refractivity contribution is 5.91. The van der Waals surface area contributed by atoms with Gasteiger partial charge < -0.3 is 4.74 Å². The van der Waals surface area contributed by atoms with E-state index in [0.717, 1.165) is 0 Å². The minimum atomic E-state index is -0.965. The molecule has 0 atom stereocenters. The number of aryl methyl sites for hydroxylation is 1. The van der Waals surface area contributed by atoms with E-state index in [1.165, 1.54) is 48.5 Å². The number of carbonyl (C=O) groups excluding carboxylic acids is 1. The average Bonchev–Trinajstić information content (AvgIpc) is 2.77. The number of ether oxygens (including phenoxy) is 1. The largest absolute Gasteiger partial charge is 0.423 e. The maximum Gasteiger partial charge on any atom is 0.346 e. The molecule has 0 aromatic heterocycles. The third-order valence-corrected chi connectivity index (χ3v) is 4.89. The maximum absolute atomic E-state index is 14.7. The minimum Gasteiger partial charge on any atom is -0.423 e. The molecule has 0 spiro atoms. The van der Waals surface area contributed by atoms with Gasteiger partial charge in [0.25, 0.3) is 0 Å². The summed E-state index contributed by atoms with van der Waals surface area (Å²) in [6, 6.07) is 21.9. The summed E-state index contributed by atoms with van der Waals surface area (Å²) in [5, 5.41) is 0. The SMILES string of the molecule is Cc1ccc(C(=O)Oc2ccc(-c3ccc(-c4ccccc4)c(F)c3F)cc2)c(F)c1. The van der Waals surface area contributed by atoms with Crippen molar-refractivity contribution in [2.45, 2.75) is 6.92 Å². The van der Waals surface area contributed by atoms with Crippen molar-refractivity contribution in [1.29, 1.82) is 0 Å². The van der Waals surface area contributed by atoms with Gasteiger partial charge in [-0.15, -0.1) is 0 Å². The molecule has 2 nitrogen and oxygen atoms in total. The number of benzene rings is 4.